The van der Waals surface area contributed by atoms with Crippen molar-refractivity contribution in [2.24, 2.45) is 5.92 Å². The third kappa shape index (κ3) is 3.82. The molecule has 2 fully saturated rings. The Morgan fingerprint density at radius 1 is 1.23 bits per heavy atom. The molecule has 1 aliphatic carbocycles. The third-order valence-corrected chi connectivity index (χ3v) is 5.82. The van der Waals surface area contributed by atoms with Gasteiger partial charge in [-0.3, -0.25) is 9.89 Å². The minimum atomic E-state index is 0.0660. The van der Waals surface area contributed by atoms with Gasteiger partial charge >= 0.3 is 0 Å². The van der Waals surface area contributed by atoms with Gasteiger partial charge in [-0.15, -0.1) is 0 Å². The van der Waals surface area contributed by atoms with Crippen LogP contribution in [0, 0.1) is 5.92 Å². The van der Waals surface area contributed by atoms with Crippen LogP contribution in [0.15, 0.2) is 29.3 Å². The highest BCUT2D eigenvalue weighted by Gasteiger charge is 2.31. The van der Waals surface area contributed by atoms with Gasteiger partial charge < -0.3 is 14.6 Å². The Balaban J connectivity index is 1.36. The Hall–Kier alpha value is -2.15. The summed E-state index contributed by atoms with van der Waals surface area (Å²) in [5.41, 5.74) is 0.637. The van der Waals surface area contributed by atoms with Gasteiger partial charge in [0, 0.05) is 19.1 Å². The average Bonchev–Trinajstić information content (AvgIpc) is 3.41. The molecule has 1 saturated heterocycles. The summed E-state index contributed by atoms with van der Waals surface area (Å²) in [6.45, 7) is 1.55. The molecule has 7 heteroatoms. The number of amides is 1. The van der Waals surface area contributed by atoms with Gasteiger partial charge in [-0.1, -0.05) is 19.3 Å². The predicted molar refractivity (Wildman–Crippen MR) is 96.5 cm³/mol. The molecule has 1 amide bonds. The molecule has 140 valence electrons. The average molecular weight is 357 g/mol. The van der Waals surface area contributed by atoms with Crippen molar-refractivity contribution in [1.29, 1.82) is 0 Å². The fourth-order valence-corrected chi connectivity index (χ4v) is 4.34. The summed E-state index contributed by atoms with van der Waals surface area (Å²) in [7, 11) is 0. The van der Waals surface area contributed by atoms with Crippen LogP contribution >= 0.6 is 0 Å². The Morgan fingerprint density at radius 3 is 2.69 bits per heavy atom. The van der Waals surface area contributed by atoms with E-state index in [4.69, 9.17) is 4.42 Å². The van der Waals surface area contributed by atoms with Crippen molar-refractivity contribution >= 4 is 5.91 Å². The molecule has 0 radical (unpaired) electrons. The molecule has 2 N–H and O–H groups in total. The summed E-state index contributed by atoms with van der Waals surface area (Å²) in [5.74, 6) is 1.63. The van der Waals surface area contributed by atoms with E-state index < -0.39 is 0 Å². The number of hydrogen-bond acceptors (Lipinski definition) is 5. The van der Waals surface area contributed by atoms with Crippen LogP contribution < -0.4 is 5.32 Å². The summed E-state index contributed by atoms with van der Waals surface area (Å²) in [6.07, 6.45) is 13.0. The van der Waals surface area contributed by atoms with Gasteiger partial charge in [-0.2, -0.15) is 5.10 Å². The van der Waals surface area contributed by atoms with Crippen LogP contribution in [0.5, 0.6) is 0 Å². The molecule has 2 aromatic heterocycles. The zero-order valence-electron chi connectivity index (χ0n) is 15.1. The van der Waals surface area contributed by atoms with E-state index in [9.17, 15) is 4.79 Å². The SMILES string of the molecule is O=C(c1ccoc1)N1CCC(NC(c2ncn[nH]2)C2CCCCC2)CC1. The van der Waals surface area contributed by atoms with Crippen molar-refractivity contribution in [1.82, 2.24) is 25.4 Å². The molecule has 2 aromatic rings. The van der Waals surface area contributed by atoms with Gasteiger partial charge in [-0.25, -0.2) is 4.98 Å². The number of nitrogens with one attached hydrogen (secondary N) is 2. The van der Waals surface area contributed by atoms with Crippen molar-refractivity contribution in [2.75, 3.05) is 13.1 Å². The van der Waals surface area contributed by atoms with Gasteiger partial charge in [-0.05, 0) is 37.7 Å². The Kier molecular flexibility index (Phi) is 5.34. The van der Waals surface area contributed by atoms with Crippen molar-refractivity contribution in [2.45, 2.75) is 57.0 Å². The summed E-state index contributed by atoms with van der Waals surface area (Å²) < 4.78 is 5.03. The maximum Gasteiger partial charge on any atom is 0.257 e. The molecular weight excluding hydrogens is 330 g/mol. The molecule has 1 atom stereocenters. The van der Waals surface area contributed by atoms with E-state index in [1.807, 2.05) is 4.90 Å². The van der Waals surface area contributed by atoms with E-state index in [2.05, 4.69) is 20.5 Å². The fourth-order valence-electron chi connectivity index (χ4n) is 4.34. The molecule has 4 rings (SSSR count). The summed E-state index contributed by atoms with van der Waals surface area (Å²) >= 11 is 0. The van der Waals surface area contributed by atoms with E-state index >= 15 is 0 Å². The minimum Gasteiger partial charge on any atom is -0.472 e. The number of piperidine rings is 1. The zero-order valence-corrected chi connectivity index (χ0v) is 15.1. The quantitative estimate of drug-likeness (QED) is 0.859. The van der Waals surface area contributed by atoms with Crippen LogP contribution in [0.25, 0.3) is 0 Å². The van der Waals surface area contributed by atoms with E-state index in [1.54, 1.807) is 18.7 Å². The van der Waals surface area contributed by atoms with Gasteiger partial charge in [0.05, 0.1) is 17.9 Å². The second-order valence-electron chi connectivity index (χ2n) is 7.49. The zero-order chi connectivity index (χ0) is 17.8. The summed E-state index contributed by atoms with van der Waals surface area (Å²) in [6, 6.07) is 2.37. The molecule has 1 aliphatic heterocycles. The summed E-state index contributed by atoms with van der Waals surface area (Å²) in [5, 5.41) is 11.0. The van der Waals surface area contributed by atoms with Crippen molar-refractivity contribution < 1.29 is 9.21 Å². The lowest BCUT2D eigenvalue weighted by molar-refractivity contribution is 0.0694. The molecule has 3 heterocycles. The lowest BCUT2D eigenvalue weighted by Gasteiger charge is -2.37. The molecule has 26 heavy (non-hydrogen) atoms. The van der Waals surface area contributed by atoms with Crippen LogP contribution in [0.3, 0.4) is 0 Å². The number of likely N-dealkylation sites (tertiary alicyclic amines) is 1. The first kappa shape index (κ1) is 17.3. The Morgan fingerprint density at radius 2 is 2.04 bits per heavy atom. The highest BCUT2D eigenvalue weighted by molar-refractivity contribution is 5.93. The topological polar surface area (TPSA) is 87.1 Å². The third-order valence-electron chi connectivity index (χ3n) is 5.82. The fraction of sp³-hybridized carbons (Fsp3) is 0.632. The normalized spacial score (nSPS) is 21.0. The highest BCUT2D eigenvalue weighted by Crippen LogP contribution is 2.34. The second-order valence-corrected chi connectivity index (χ2v) is 7.49. The van der Waals surface area contributed by atoms with Crippen molar-refractivity contribution in [3.8, 4) is 0 Å². The largest absolute Gasteiger partial charge is 0.472 e. The molecule has 7 nitrogen and oxygen atoms in total. The van der Waals surface area contributed by atoms with Gasteiger partial charge in [0.2, 0.25) is 0 Å². The van der Waals surface area contributed by atoms with E-state index in [0.717, 1.165) is 31.8 Å². The smallest absolute Gasteiger partial charge is 0.257 e. The van der Waals surface area contributed by atoms with E-state index in [1.165, 1.54) is 38.4 Å². The van der Waals surface area contributed by atoms with Gasteiger partial charge in [0.15, 0.2) is 0 Å². The molecular formula is C19H27N5O2. The molecule has 0 bridgehead atoms. The first-order chi connectivity index (χ1) is 12.8. The Bertz CT molecular complexity index is 671. The number of aromatic nitrogens is 3. The molecule has 1 saturated carbocycles. The predicted octanol–water partition coefficient (Wildman–Crippen LogP) is 2.91. The minimum absolute atomic E-state index is 0.0660. The Labute approximate surface area is 153 Å². The number of aromatic amines is 1. The highest BCUT2D eigenvalue weighted by atomic mass is 16.3. The van der Waals surface area contributed by atoms with E-state index in [0.29, 0.717) is 17.5 Å². The number of carbonyl (C=O) groups is 1. The lowest BCUT2D eigenvalue weighted by atomic mass is 9.83. The molecule has 0 spiro atoms. The number of nitrogens with zero attached hydrogens (tertiary/aromatic N) is 3. The van der Waals surface area contributed by atoms with Gasteiger partial charge in [0.25, 0.3) is 5.91 Å². The van der Waals surface area contributed by atoms with Crippen LogP contribution in [0.4, 0.5) is 0 Å². The van der Waals surface area contributed by atoms with Crippen LogP contribution in [-0.2, 0) is 0 Å². The first-order valence-electron chi connectivity index (χ1n) is 9.74. The number of hydrogen-bond donors (Lipinski definition) is 2. The number of carbonyl (C=O) groups excluding carboxylic acids is 1. The number of furan rings is 1. The molecule has 1 unspecified atom stereocenters. The van der Waals surface area contributed by atoms with Crippen LogP contribution in [0.1, 0.15) is 67.2 Å². The lowest BCUT2D eigenvalue weighted by Crippen LogP contribution is -2.47. The maximum absolute atomic E-state index is 12.4. The molecule has 2 aliphatic rings. The maximum atomic E-state index is 12.4. The second kappa shape index (κ2) is 8.03. The summed E-state index contributed by atoms with van der Waals surface area (Å²) in [4.78, 5) is 18.8. The van der Waals surface area contributed by atoms with Crippen LogP contribution in [0.2, 0.25) is 0 Å². The van der Waals surface area contributed by atoms with Crippen molar-refractivity contribution in [3.05, 3.63) is 36.3 Å². The first-order valence-corrected chi connectivity index (χ1v) is 9.74. The number of rotatable bonds is 5. The number of H-pyrrole nitrogens is 1. The van der Waals surface area contributed by atoms with E-state index in [-0.39, 0.29) is 11.9 Å². The van der Waals surface area contributed by atoms with Crippen LogP contribution in [-0.4, -0.2) is 45.1 Å². The monoisotopic (exact) mass is 357 g/mol. The van der Waals surface area contributed by atoms with Crippen molar-refractivity contribution in [3.63, 3.8) is 0 Å². The van der Waals surface area contributed by atoms with Gasteiger partial charge in [0.1, 0.15) is 18.4 Å². The molecule has 0 aromatic carbocycles. The standard InChI is InChI=1S/C19H27N5O2/c25-19(15-8-11-26-12-15)24-9-6-16(7-10-24)22-17(18-20-13-21-23-18)14-4-2-1-3-5-14/h8,11-14,16-17,22H,1-7,9-10H2,(H,20,21,23).